The summed E-state index contributed by atoms with van der Waals surface area (Å²) in [6, 6.07) is 0. The van der Waals surface area contributed by atoms with Crippen LogP contribution in [0.15, 0.2) is 23.3 Å². The summed E-state index contributed by atoms with van der Waals surface area (Å²) in [5, 5.41) is 0.929. The molecular weight excluding hydrogens is 254 g/mol. The van der Waals surface area contributed by atoms with Gasteiger partial charge in [-0.25, -0.2) is 0 Å². The molecule has 15 heavy (non-hydrogen) atoms. The van der Waals surface area contributed by atoms with Crippen molar-refractivity contribution >= 4 is 21.8 Å². The summed E-state index contributed by atoms with van der Waals surface area (Å²) in [6.07, 6.45) is 4.76. The first kappa shape index (κ1) is 14.4. The Labute approximate surface area is 101 Å². The average Bonchev–Trinajstić information content (AvgIpc) is 2.21. The molecule has 86 valence electrons. The van der Waals surface area contributed by atoms with Gasteiger partial charge in [-0.3, -0.25) is 4.79 Å². The van der Waals surface area contributed by atoms with Crippen molar-refractivity contribution in [2.45, 2.75) is 27.2 Å². The molecule has 0 aliphatic carbocycles. The number of carbonyl (C=O) groups excluding carboxylic acids is 1. The van der Waals surface area contributed by atoms with Crippen LogP contribution in [0.25, 0.3) is 0 Å². The Bertz CT molecular complexity index is 265. The third-order valence-electron chi connectivity index (χ3n) is 2.08. The predicted molar refractivity (Wildman–Crippen MR) is 69.2 cm³/mol. The average molecular weight is 274 g/mol. The summed E-state index contributed by atoms with van der Waals surface area (Å²) in [6.45, 7) is 6.64. The molecule has 0 spiro atoms. The highest BCUT2D eigenvalue weighted by Gasteiger charge is 2.12. The summed E-state index contributed by atoms with van der Waals surface area (Å²) in [5.74, 6) is 0.106. The molecule has 2 nitrogen and oxygen atoms in total. The van der Waals surface area contributed by atoms with E-state index in [9.17, 15) is 4.79 Å². The fourth-order valence-electron chi connectivity index (χ4n) is 1.22. The molecule has 0 bridgehead atoms. The van der Waals surface area contributed by atoms with Crippen LogP contribution in [-0.4, -0.2) is 29.7 Å². The molecule has 0 fully saturated rings. The zero-order chi connectivity index (χ0) is 11.8. The Morgan fingerprint density at radius 1 is 1.40 bits per heavy atom. The maximum atomic E-state index is 12.0. The van der Waals surface area contributed by atoms with Gasteiger partial charge >= 0.3 is 0 Å². The first-order valence-corrected chi connectivity index (χ1v) is 6.28. The van der Waals surface area contributed by atoms with E-state index in [1.165, 1.54) is 0 Å². The van der Waals surface area contributed by atoms with Gasteiger partial charge in [0, 0.05) is 24.5 Å². The monoisotopic (exact) mass is 273 g/mol. The highest BCUT2D eigenvalue weighted by Crippen LogP contribution is 2.09. The van der Waals surface area contributed by atoms with Gasteiger partial charge in [0.2, 0.25) is 0 Å². The standard InChI is InChI=1S/C12H20BrNO/c1-5-7-11(10(2)3)12(15)14(4)9-6-8-13/h5,7H,6,8-9H2,1-4H3. The molecule has 0 N–H and O–H groups in total. The van der Waals surface area contributed by atoms with Gasteiger partial charge < -0.3 is 4.90 Å². The lowest BCUT2D eigenvalue weighted by atomic mass is 10.1. The number of hydrogen-bond donors (Lipinski definition) is 0. The Hall–Kier alpha value is -0.570. The highest BCUT2D eigenvalue weighted by molar-refractivity contribution is 9.09. The zero-order valence-electron chi connectivity index (χ0n) is 10.0. The van der Waals surface area contributed by atoms with Crippen LogP contribution in [0.4, 0.5) is 0 Å². The number of likely N-dealkylation sites (N-methyl/N-ethyl adjacent to an activating group) is 1. The second-order valence-corrected chi connectivity index (χ2v) is 4.48. The number of allylic oxidation sites excluding steroid dienone is 2. The second-order valence-electron chi connectivity index (χ2n) is 3.68. The Kier molecular flexibility index (Phi) is 7.39. The molecule has 0 unspecified atom stereocenters. The third-order valence-corrected chi connectivity index (χ3v) is 2.64. The molecule has 0 saturated carbocycles. The van der Waals surface area contributed by atoms with Crippen molar-refractivity contribution in [2.75, 3.05) is 18.9 Å². The fourth-order valence-corrected chi connectivity index (χ4v) is 1.47. The molecule has 0 saturated heterocycles. The molecule has 1 amide bonds. The molecular formula is C12H20BrNO. The molecule has 0 atom stereocenters. The van der Waals surface area contributed by atoms with E-state index in [-0.39, 0.29) is 5.91 Å². The minimum absolute atomic E-state index is 0.106. The van der Waals surface area contributed by atoms with Gasteiger partial charge in [-0.05, 0) is 27.2 Å². The third kappa shape index (κ3) is 5.17. The minimum Gasteiger partial charge on any atom is -0.342 e. The van der Waals surface area contributed by atoms with Crippen molar-refractivity contribution in [1.29, 1.82) is 0 Å². The van der Waals surface area contributed by atoms with Crippen molar-refractivity contribution in [1.82, 2.24) is 4.90 Å². The van der Waals surface area contributed by atoms with E-state index in [1.54, 1.807) is 4.90 Å². The van der Waals surface area contributed by atoms with Crippen molar-refractivity contribution in [3.8, 4) is 0 Å². The number of amides is 1. The van der Waals surface area contributed by atoms with Crippen molar-refractivity contribution in [2.24, 2.45) is 0 Å². The van der Waals surface area contributed by atoms with Crippen LogP contribution >= 0.6 is 15.9 Å². The molecule has 0 heterocycles. The lowest BCUT2D eigenvalue weighted by Crippen LogP contribution is -2.29. The lowest BCUT2D eigenvalue weighted by molar-refractivity contribution is -0.125. The molecule has 0 rings (SSSR count). The Balaban J connectivity index is 4.59. The van der Waals surface area contributed by atoms with Gasteiger partial charge in [0.15, 0.2) is 0 Å². The Morgan fingerprint density at radius 2 is 2.00 bits per heavy atom. The van der Waals surface area contributed by atoms with E-state index in [0.717, 1.165) is 29.4 Å². The summed E-state index contributed by atoms with van der Waals surface area (Å²) >= 11 is 3.36. The number of rotatable bonds is 5. The van der Waals surface area contributed by atoms with Gasteiger partial charge in [-0.2, -0.15) is 0 Å². The van der Waals surface area contributed by atoms with Gasteiger partial charge in [0.1, 0.15) is 0 Å². The summed E-state index contributed by atoms with van der Waals surface area (Å²) in [4.78, 5) is 13.7. The van der Waals surface area contributed by atoms with Gasteiger partial charge in [-0.1, -0.05) is 33.7 Å². The molecule has 0 aliphatic rings. The van der Waals surface area contributed by atoms with Crippen LogP contribution in [0.2, 0.25) is 0 Å². The zero-order valence-corrected chi connectivity index (χ0v) is 11.6. The van der Waals surface area contributed by atoms with Gasteiger partial charge in [0.25, 0.3) is 5.91 Å². The van der Waals surface area contributed by atoms with Crippen LogP contribution in [0, 0.1) is 0 Å². The molecule has 0 aliphatic heterocycles. The van der Waals surface area contributed by atoms with Crippen LogP contribution in [0.3, 0.4) is 0 Å². The highest BCUT2D eigenvalue weighted by atomic mass is 79.9. The second kappa shape index (κ2) is 7.69. The normalized spacial score (nSPS) is 10.5. The fraction of sp³-hybridized carbons (Fsp3) is 0.583. The maximum Gasteiger partial charge on any atom is 0.253 e. The quantitative estimate of drug-likeness (QED) is 0.428. The smallest absolute Gasteiger partial charge is 0.253 e. The number of carbonyl (C=O) groups is 1. The lowest BCUT2D eigenvalue weighted by Gasteiger charge is -2.18. The SMILES string of the molecule is CC=CC(C(=O)N(C)CCCBr)=C(C)C. The Morgan fingerprint density at radius 3 is 2.40 bits per heavy atom. The van der Waals surface area contributed by atoms with Crippen molar-refractivity contribution in [3.05, 3.63) is 23.3 Å². The van der Waals surface area contributed by atoms with E-state index in [2.05, 4.69) is 15.9 Å². The van der Waals surface area contributed by atoms with E-state index in [1.807, 2.05) is 40.0 Å². The predicted octanol–water partition coefficient (Wildman–Crippen LogP) is 3.14. The number of nitrogens with zero attached hydrogens (tertiary/aromatic N) is 1. The number of alkyl halides is 1. The number of halogens is 1. The minimum atomic E-state index is 0.106. The number of hydrogen-bond acceptors (Lipinski definition) is 1. The topological polar surface area (TPSA) is 20.3 Å². The van der Waals surface area contributed by atoms with Crippen LogP contribution < -0.4 is 0 Å². The first-order chi connectivity index (χ1) is 7.04. The largest absolute Gasteiger partial charge is 0.342 e. The van der Waals surface area contributed by atoms with E-state index >= 15 is 0 Å². The van der Waals surface area contributed by atoms with Crippen LogP contribution in [0.5, 0.6) is 0 Å². The molecule has 0 aromatic rings. The van der Waals surface area contributed by atoms with Crippen LogP contribution in [-0.2, 0) is 4.79 Å². The maximum absolute atomic E-state index is 12.0. The van der Waals surface area contributed by atoms with Crippen molar-refractivity contribution < 1.29 is 4.79 Å². The molecule has 0 radical (unpaired) electrons. The van der Waals surface area contributed by atoms with Gasteiger partial charge in [-0.15, -0.1) is 0 Å². The summed E-state index contributed by atoms with van der Waals surface area (Å²) < 4.78 is 0. The van der Waals surface area contributed by atoms with E-state index in [0.29, 0.717) is 0 Å². The van der Waals surface area contributed by atoms with Crippen LogP contribution in [0.1, 0.15) is 27.2 Å². The first-order valence-electron chi connectivity index (χ1n) is 5.16. The summed E-state index contributed by atoms with van der Waals surface area (Å²) in [5.41, 5.74) is 1.86. The van der Waals surface area contributed by atoms with E-state index < -0.39 is 0 Å². The van der Waals surface area contributed by atoms with Crippen molar-refractivity contribution in [3.63, 3.8) is 0 Å². The summed E-state index contributed by atoms with van der Waals surface area (Å²) in [7, 11) is 1.84. The van der Waals surface area contributed by atoms with Gasteiger partial charge in [0.05, 0.1) is 0 Å². The molecule has 0 aromatic carbocycles. The molecule has 0 aromatic heterocycles. The van der Waals surface area contributed by atoms with E-state index in [4.69, 9.17) is 0 Å². The molecule has 3 heteroatoms.